The summed E-state index contributed by atoms with van der Waals surface area (Å²) in [5.74, 6) is -1.71. The molecule has 1 aliphatic carbocycles. The first-order chi connectivity index (χ1) is 15.0. The van der Waals surface area contributed by atoms with Gasteiger partial charge in [-0.15, -0.1) is 0 Å². The average molecular weight is 418 g/mol. The van der Waals surface area contributed by atoms with Crippen LogP contribution in [0.5, 0.6) is 0 Å². The molecule has 1 N–H and O–H groups in total. The Bertz CT molecular complexity index is 1030. The molecule has 2 aliphatic rings. The zero-order chi connectivity index (χ0) is 22.0. The number of anilines is 2. The normalized spacial score (nSPS) is 19.8. The number of fused-ring (bicyclic) bond motifs is 1. The van der Waals surface area contributed by atoms with Gasteiger partial charge in [-0.05, 0) is 68.3 Å². The number of nitrogens with one attached hydrogen (secondary N) is 1. The van der Waals surface area contributed by atoms with E-state index < -0.39 is 5.97 Å². The predicted octanol–water partition coefficient (Wildman–Crippen LogP) is 3.57. The fraction of sp³-hybridized carbons (Fsp3) is 0.250. The van der Waals surface area contributed by atoms with Gasteiger partial charge in [-0.1, -0.05) is 12.2 Å². The van der Waals surface area contributed by atoms with E-state index in [1.807, 2.05) is 12.2 Å². The third-order valence-corrected chi connectivity index (χ3v) is 5.55. The molecular formula is C24H22N2O5. The van der Waals surface area contributed by atoms with Crippen LogP contribution in [0.4, 0.5) is 11.4 Å². The largest absolute Gasteiger partial charge is 0.462 e. The highest BCUT2D eigenvalue weighted by Gasteiger charge is 2.47. The second-order valence-electron chi connectivity index (χ2n) is 7.47. The molecule has 0 radical (unpaired) electrons. The Labute approximate surface area is 179 Å². The Hall–Kier alpha value is -3.74. The number of nitrogens with zero attached hydrogens (tertiary/aromatic N) is 1. The van der Waals surface area contributed by atoms with E-state index in [1.165, 1.54) is 4.90 Å². The molecule has 2 unspecified atom stereocenters. The van der Waals surface area contributed by atoms with Crippen LogP contribution in [0.15, 0.2) is 60.7 Å². The number of hydrogen-bond acceptors (Lipinski definition) is 5. The van der Waals surface area contributed by atoms with Gasteiger partial charge in [0.25, 0.3) is 5.91 Å². The summed E-state index contributed by atoms with van der Waals surface area (Å²) in [4.78, 5) is 50.9. The average Bonchev–Trinajstić information content (AvgIpc) is 3.05. The van der Waals surface area contributed by atoms with Crippen molar-refractivity contribution in [3.8, 4) is 0 Å². The summed E-state index contributed by atoms with van der Waals surface area (Å²) >= 11 is 0. The molecule has 0 aromatic heterocycles. The van der Waals surface area contributed by atoms with Gasteiger partial charge < -0.3 is 10.1 Å². The van der Waals surface area contributed by atoms with Crippen LogP contribution in [0.1, 0.15) is 40.5 Å². The molecule has 1 fully saturated rings. The zero-order valence-electron chi connectivity index (χ0n) is 17.0. The number of esters is 1. The Morgan fingerprint density at radius 3 is 2.00 bits per heavy atom. The Balaban J connectivity index is 1.43. The molecule has 158 valence electrons. The van der Waals surface area contributed by atoms with Crippen LogP contribution in [-0.2, 0) is 14.3 Å². The van der Waals surface area contributed by atoms with Gasteiger partial charge in [0, 0.05) is 11.3 Å². The lowest BCUT2D eigenvalue weighted by molar-refractivity contribution is -0.122. The summed E-state index contributed by atoms with van der Waals surface area (Å²) in [5, 5.41) is 2.76. The van der Waals surface area contributed by atoms with E-state index in [0.29, 0.717) is 42.0 Å². The van der Waals surface area contributed by atoms with Crippen LogP contribution < -0.4 is 10.2 Å². The van der Waals surface area contributed by atoms with E-state index in [9.17, 15) is 19.2 Å². The minimum Gasteiger partial charge on any atom is -0.462 e. The standard InChI is InChI=1S/C24H22N2O5/c1-2-31-24(30)16-7-11-17(12-8-16)25-21(27)15-9-13-18(14-10-15)26-22(28)19-5-3-4-6-20(19)23(26)29/h3-4,7-14,19-20H,2,5-6H2,1H3,(H,25,27). The lowest BCUT2D eigenvalue weighted by Crippen LogP contribution is -2.30. The number of carbonyl (C=O) groups is 4. The molecule has 4 rings (SSSR count). The molecule has 1 aliphatic heterocycles. The number of imide groups is 1. The van der Waals surface area contributed by atoms with Crippen LogP contribution >= 0.6 is 0 Å². The maximum Gasteiger partial charge on any atom is 0.338 e. The van der Waals surface area contributed by atoms with E-state index in [1.54, 1.807) is 55.5 Å². The first-order valence-electron chi connectivity index (χ1n) is 10.2. The number of carbonyl (C=O) groups excluding carboxylic acids is 4. The smallest absolute Gasteiger partial charge is 0.338 e. The first kappa shape index (κ1) is 20.5. The van der Waals surface area contributed by atoms with Crippen molar-refractivity contribution >= 4 is 35.1 Å². The van der Waals surface area contributed by atoms with Crippen molar-refractivity contribution in [2.75, 3.05) is 16.8 Å². The molecule has 0 spiro atoms. The van der Waals surface area contributed by atoms with Gasteiger partial charge in [-0.2, -0.15) is 0 Å². The molecule has 31 heavy (non-hydrogen) atoms. The van der Waals surface area contributed by atoms with E-state index in [0.717, 1.165) is 0 Å². The summed E-state index contributed by atoms with van der Waals surface area (Å²) in [6.07, 6.45) is 5.06. The minimum atomic E-state index is -0.419. The fourth-order valence-corrected chi connectivity index (χ4v) is 3.92. The topological polar surface area (TPSA) is 92.8 Å². The van der Waals surface area contributed by atoms with Crippen LogP contribution in [0.2, 0.25) is 0 Å². The predicted molar refractivity (Wildman–Crippen MR) is 115 cm³/mol. The van der Waals surface area contributed by atoms with E-state index in [2.05, 4.69) is 5.32 Å². The number of benzene rings is 2. The molecule has 2 atom stereocenters. The Morgan fingerprint density at radius 1 is 0.903 bits per heavy atom. The van der Waals surface area contributed by atoms with Crippen LogP contribution in [-0.4, -0.2) is 30.3 Å². The molecule has 2 aromatic carbocycles. The number of amides is 3. The van der Waals surface area contributed by atoms with Gasteiger partial charge >= 0.3 is 5.97 Å². The number of rotatable bonds is 5. The molecule has 1 saturated heterocycles. The van der Waals surface area contributed by atoms with E-state index in [4.69, 9.17) is 4.74 Å². The van der Waals surface area contributed by atoms with Crippen LogP contribution in [0, 0.1) is 11.8 Å². The lowest BCUT2D eigenvalue weighted by atomic mass is 9.85. The molecule has 0 bridgehead atoms. The van der Waals surface area contributed by atoms with Crippen molar-refractivity contribution < 1.29 is 23.9 Å². The van der Waals surface area contributed by atoms with Crippen LogP contribution in [0.3, 0.4) is 0 Å². The van der Waals surface area contributed by atoms with Gasteiger partial charge in [0.15, 0.2) is 0 Å². The van der Waals surface area contributed by atoms with Crippen molar-refractivity contribution in [1.29, 1.82) is 0 Å². The number of hydrogen-bond donors (Lipinski definition) is 1. The first-order valence-corrected chi connectivity index (χ1v) is 10.2. The van der Waals surface area contributed by atoms with Gasteiger partial charge in [-0.25, -0.2) is 4.79 Å². The van der Waals surface area contributed by atoms with Crippen molar-refractivity contribution in [3.63, 3.8) is 0 Å². The molecule has 7 heteroatoms. The van der Waals surface area contributed by atoms with E-state index >= 15 is 0 Å². The maximum atomic E-state index is 12.7. The summed E-state index contributed by atoms with van der Waals surface area (Å²) in [7, 11) is 0. The third-order valence-electron chi connectivity index (χ3n) is 5.55. The van der Waals surface area contributed by atoms with Crippen molar-refractivity contribution in [1.82, 2.24) is 0 Å². The maximum absolute atomic E-state index is 12.7. The summed E-state index contributed by atoms with van der Waals surface area (Å²) < 4.78 is 4.94. The number of allylic oxidation sites excluding steroid dienone is 2. The lowest BCUT2D eigenvalue weighted by Gasteiger charge is -2.15. The van der Waals surface area contributed by atoms with Crippen molar-refractivity contribution in [2.45, 2.75) is 19.8 Å². The molecule has 0 saturated carbocycles. The highest BCUT2D eigenvalue weighted by Crippen LogP contribution is 2.37. The monoisotopic (exact) mass is 418 g/mol. The van der Waals surface area contributed by atoms with Crippen LogP contribution in [0.25, 0.3) is 0 Å². The van der Waals surface area contributed by atoms with Gasteiger partial charge in [0.2, 0.25) is 11.8 Å². The molecule has 1 heterocycles. The summed E-state index contributed by atoms with van der Waals surface area (Å²) in [6.45, 7) is 2.03. The second-order valence-corrected chi connectivity index (χ2v) is 7.47. The second kappa shape index (κ2) is 8.55. The number of ether oxygens (including phenoxy) is 1. The highest BCUT2D eigenvalue weighted by molar-refractivity contribution is 6.22. The van der Waals surface area contributed by atoms with E-state index in [-0.39, 0.29) is 29.6 Å². The van der Waals surface area contributed by atoms with Gasteiger partial charge in [0.05, 0.1) is 29.7 Å². The fourth-order valence-electron chi connectivity index (χ4n) is 3.92. The van der Waals surface area contributed by atoms with Crippen molar-refractivity contribution in [2.24, 2.45) is 11.8 Å². The minimum absolute atomic E-state index is 0.182. The summed E-state index contributed by atoms with van der Waals surface area (Å²) in [6, 6.07) is 12.8. The molecule has 2 aromatic rings. The quantitative estimate of drug-likeness (QED) is 0.455. The zero-order valence-corrected chi connectivity index (χ0v) is 17.0. The molecular weight excluding hydrogens is 396 g/mol. The molecule has 3 amide bonds. The summed E-state index contributed by atoms with van der Waals surface area (Å²) in [5.41, 5.74) is 1.79. The Kier molecular flexibility index (Phi) is 5.66. The van der Waals surface area contributed by atoms with Gasteiger partial charge in [0.1, 0.15) is 0 Å². The Morgan fingerprint density at radius 2 is 1.45 bits per heavy atom. The van der Waals surface area contributed by atoms with Gasteiger partial charge in [-0.3, -0.25) is 19.3 Å². The van der Waals surface area contributed by atoms with Crippen molar-refractivity contribution in [3.05, 3.63) is 71.8 Å². The SMILES string of the molecule is CCOC(=O)c1ccc(NC(=O)c2ccc(N3C(=O)C4CC=CCC4C3=O)cc2)cc1. The molecule has 7 nitrogen and oxygen atoms in total. The third kappa shape index (κ3) is 3.99. The highest BCUT2D eigenvalue weighted by atomic mass is 16.5.